The highest BCUT2D eigenvalue weighted by molar-refractivity contribution is 7.97. The largest absolute Gasteiger partial charge is 0.544 e. The normalized spacial score (nSPS) is 11.5. The van der Waals surface area contributed by atoms with Crippen molar-refractivity contribution in [1.29, 1.82) is 0 Å². The van der Waals surface area contributed by atoms with Crippen LogP contribution in [-0.4, -0.2) is 36.5 Å². The van der Waals surface area contributed by atoms with Crippen LogP contribution in [0.3, 0.4) is 0 Å². The van der Waals surface area contributed by atoms with Gasteiger partial charge in [-0.25, -0.2) is 0 Å². The van der Waals surface area contributed by atoms with Crippen LogP contribution in [0.2, 0.25) is 18.1 Å². The SMILES string of the molecule is CC[Si](CC)(CC)Oc1ccc([S+](c2ccc(N(C)C)cc2)c2ccc(N(C)C)cc2)cc1. The Kier molecular flexibility index (Phi) is 8.55. The molecule has 3 rings (SSSR count). The summed E-state index contributed by atoms with van der Waals surface area (Å²) in [6, 6.07) is 30.3. The molecule has 0 aliphatic carbocycles. The van der Waals surface area contributed by atoms with Gasteiger partial charge in [0.25, 0.3) is 0 Å². The van der Waals surface area contributed by atoms with Crippen LogP contribution >= 0.6 is 0 Å². The van der Waals surface area contributed by atoms with Crippen molar-refractivity contribution in [1.82, 2.24) is 0 Å². The van der Waals surface area contributed by atoms with Gasteiger partial charge in [0.1, 0.15) is 5.75 Å². The van der Waals surface area contributed by atoms with Gasteiger partial charge in [0.15, 0.2) is 14.7 Å². The van der Waals surface area contributed by atoms with Crippen LogP contribution in [0.25, 0.3) is 0 Å². The number of hydrogen-bond acceptors (Lipinski definition) is 3. The Labute approximate surface area is 204 Å². The van der Waals surface area contributed by atoms with Crippen LogP contribution in [-0.2, 0) is 10.9 Å². The first-order valence-corrected chi connectivity index (χ1v) is 15.7. The van der Waals surface area contributed by atoms with E-state index >= 15 is 0 Å². The van der Waals surface area contributed by atoms with Crippen LogP contribution in [0.1, 0.15) is 20.8 Å². The maximum atomic E-state index is 6.61. The van der Waals surface area contributed by atoms with E-state index in [2.05, 4.69) is 132 Å². The van der Waals surface area contributed by atoms with Gasteiger partial charge in [-0.1, -0.05) is 20.8 Å². The second-order valence-corrected chi connectivity index (χ2v) is 15.6. The summed E-state index contributed by atoms with van der Waals surface area (Å²) in [5.41, 5.74) is 2.43. The minimum absolute atomic E-state index is 0.176. The molecule has 0 aliphatic heterocycles. The van der Waals surface area contributed by atoms with E-state index in [1.165, 1.54) is 26.1 Å². The minimum atomic E-state index is -1.67. The quantitative estimate of drug-likeness (QED) is 0.224. The van der Waals surface area contributed by atoms with E-state index in [9.17, 15) is 0 Å². The molecule has 0 heterocycles. The van der Waals surface area contributed by atoms with Crippen LogP contribution in [0, 0.1) is 0 Å². The minimum Gasteiger partial charge on any atom is -0.544 e. The van der Waals surface area contributed by atoms with E-state index in [-0.39, 0.29) is 10.9 Å². The molecule has 3 aromatic carbocycles. The monoisotopic (exact) mass is 479 g/mol. The zero-order valence-electron chi connectivity index (χ0n) is 21.3. The van der Waals surface area contributed by atoms with Gasteiger partial charge in [0, 0.05) is 39.6 Å². The molecule has 0 aromatic heterocycles. The molecule has 0 fully saturated rings. The summed E-state index contributed by atoms with van der Waals surface area (Å²) in [6.07, 6.45) is 0. The fourth-order valence-electron chi connectivity index (χ4n) is 4.03. The maximum absolute atomic E-state index is 6.61. The van der Waals surface area contributed by atoms with E-state index in [4.69, 9.17) is 4.43 Å². The van der Waals surface area contributed by atoms with Crippen molar-refractivity contribution >= 4 is 30.6 Å². The van der Waals surface area contributed by atoms with Crippen molar-refractivity contribution in [3.8, 4) is 5.75 Å². The summed E-state index contributed by atoms with van der Waals surface area (Å²) in [5, 5.41) is 0. The van der Waals surface area contributed by atoms with Crippen molar-refractivity contribution in [3.63, 3.8) is 0 Å². The number of hydrogen-bond donors (Lipinski definition) is 0. The summed E-state index contributed by atoms with van der Waals surface area (Å²) in [7, 11) is 6.48. The van der Waals surface area contributed by atoms with Crippen LogP contribution in [0.15, 0.2) is 87.5 Å². The van der Waals surface area contributed by atoms with E-state index in [1.54, 1.807) is 0 Å². The van der Waals surface area contributed by atoms with Gasteiger partial charge in [-0.3, -0.25) is 0 Å². The number of anilines is 2. The first kappa shape index (κ1) is 25.3. The van der Waals surface area contributed by atoms with Crippen molar-refractivity contribution in [2.24, 2.45) is 0 Å². The maximum Gasteiger partial charge on any atom is 0.250 e. The molecular formula is C28H39N2OSSi+. The molecule has 0 unspecified atom stereocenters. The Morgan fingerprint density at radius 3 is 1.21 bits per heavy atom. The highest BCUT2D eigenvalue weighted by Crippen LogP contribution is 2.34. The predicted octanol–water partition coefficient (Wildman–Crippen LogP) is 7.30. The molecule has 0 saturated heterocycles. The van der Waals surface area contributed by atoms with Crippen molar-refractivity contribution in [2.75, 3.05) is 38.0 Å². The molecule has 0 amide bonds. The third kappa shape index (κ3) is 5.95. The standard InChI is InChI=1S/C28H39N2OSSi/c1-8-33(9-2,10-3)31-25-15-21-28(22-16-25)32(26-17-11-23(12-18-26)29(4)5)27-19-13-24(14-20-27)30(6)7/h11-22H,8-10H2,1-7H3/q+1. The Hall–Kier alpha value is -2.37. The average molecular weight is 480 g/mol. The molecule has 0 atom stereocenters. The Morgan fingerprint density at radius 2 is 0.909 bits per heavy atom. The first-order chi connectivity index (χ1) is 15.8. The lowest BCUT2D eigenvalue weighted by Gasteiger charge is -2.28. The first-order valence-electron chi connectivity index (χ1n) is 11.9. The Balaban J connectivity index is 1.98. The van der Waals surface area contributed by atoms with E-state index in [0.717, 1.165) is 23.9 Å². The number of rotatable bonds is 10. The molecule has 5 heteroatoms. The van der Waals surface area contributed by atoms with E-state index in [0.29, 0.717) is 0 Å². The number of benzene rings is 3. The highest BCUT2D eigenvalue weighted by atomic mass is 32.2. The van der Waals surface area contributed by atoms with Crippen molar-refractivity contribution in [3.05, 3.63) is 72.8 Å². The zero-order valence-corrected chi connectivity index (χ0v) is 23.1. The zero-order chi connectivity index (χ0) is 24.0. The number of nitrogens with zero attached hydrogens (tertiary/aromatic N) is 2. The van der Waals surface area contributed by atoms with E-state index in [1.807, 2.05) is 0 Å². The topological polar surface area (TPSA) is 15.7 Å². The molecule has 33 heavy (non-hydrogen) atoms. The highest BCUT2D eigenvalue weighted by Gasteiger charge is 2.32. The van der Waals surface area contributed by atoms with Gasteiger partial charge >= 0.3 is 0 Å². The second-order valence-electron chi connectivity index (χ2n) is 8.90. The molecule has 0 aliphatic rings. The molecular weight excluding hydrogens is 440 g/mol. The summed E-state index contributed by atoms with van der Waals surface area (Å²) in [4.78, 5) is 8.25. The Bertz CT molecular complexity index is 938. The van der Waals surface area contributed by atoms with Gasteiger partial charge in [-0.2, -0.15) is 0 Å². The van der Waals surface area contributed by atoms with Gasteiger partial charge in [-0.15, -0.1) is 0 Å². The van der Waals surface area contributed by atoms with Crippen LogP contribution in [0.5, 0.6) is 5.75 Å². The van der Waals surface area contributed by atoms with Gasteiger partial charge in [0.05, 0.1) is 10.9 Å². The molecule has 176 valence electrons. The van der Waals surface area contributed by atoms with Crippen LogP contribution < -0.4 is 14.2 Å². The average Bonchev–Trinajstić information content (AvgIpc) is 2.84. The summed E-state index contributed by atoms with van der Waals surface area (Å²) in [5.74, 6) is 1.02. The lowest BCUT2D eigenvalue weighted by Crippen LogP contribution is -2.39. The van der Waals surface area contributed by atoms with Gasteiger partial charge < -0.3 is 14.2 Å². The third-order valence-electron chi connectivity index (χ3n) is 6.50. The lowest BCUT2D eigenvalue weighted by molar-refractivity contribution is 0.531. The molecule has 0 spiro atoms. The van der Waals surface area contributed by atoms with Crippen molar-refractivity contribution < 1.29 is 4.43 Å². The predicted molar refractivity (Wildman–Crippen MR) is 148 cm³/mol. The third-order valence-corrected chi connectivity index (χ3v) is 13.3. The van der Waals surface area contributed by atoms with Gasteiger partial charge in [0.2, 0.25) is 8.32 Å². The Morgan fingerprint density at radius 1 is 0.576 bits per heavy atom. The molecule has 3 aromatic rings. The molecule has 3 nitrogen and oxygen atoms in total. The van der Waals surface area contributed by atoms with Crippen molar-refractivity contribution in [2.45, 2.75) is 53.6 Å². The summed E-state index contributed by atoms with van der Waals surface area (Å²) >= 11 is 0. The molecule has 0 bridgehead atoms. The fourth-order valence-corrected chi connectivity index (χ4v) is 8.64. The molecule has 0 saturated carbocycles. The second kappa shape index (κ2) is 11.2. The van der Waals surface area contributed by atoms with E-state index < -0.39 is 8.32 Å². The van der Waals surface area contributed by atoms with Gasteiger partial charge in [-0.05, 0) is 90.9 Å². The lowest BCUT2D eigenvalue weighted by atomic mass is 10.3. The smallest absolute Gasteiger partial charge is 0.250 e. The van der Waals surface area contributed by atoms with Crippen LogP contribution in [0.4, 0.5) is 11.4 Å². The molecule has 0 N–H and O–H groups in total. The molecule has 0 radical (unpaired) electrons. The fraction of sp³-hybridized carbons (Fsp3) is 0.357. The summed E-state index contributed by atoms with van der Waals surface area (Å²) < 4.78 is 6.61. The summed E-state index contributed by atoms with van der Waals surface area (Å²) in [6.45, 7) is 6.83.